The first kappa shape index (κ1) is 21.0. The molecule has 0 aromatic heterocycles. The number of hydrogen-bond donors (Lipinski definition) is 0. The highest BCUT2D eigenvalue weighted by Gasteiger charge is 2.55. The minimum Gasteiger partial charge on any atom is -0.351 e. The SMILES string of the molecule is Cc1ccc(N2C(c3ccc(Cl)cc3)=NOC2(C(=O)c2ccccc2)c2ccccc2)cc1. The Morgan fingerprint density at radius 2 is 1.42 bits per heavy atom. The summed E-state index contributed by atoms with van der Waals surface area (Å²) in [5.74, 6) is 0.325. The van der Waals surface area contributed by atoms with Gasteiger partial charge in [-0.2, -0.15) is 0 Å². The van der Waals surface area contributed by atoms with Crippen molar-refractivity contribution in [2.75, 3.05) is 4.90 Å². The Kier molecular flexibility index (Phi) is 5.45. The Labute approximate surface area is 197 Å². The van der Waals surface area contributed by atoms with Gasteiger partial charge in [0.05, 0.1) is 0 Å². The van der Waals surface area contributed by atoms with E-state index in [-0.39, 0.29) is 5.78 Å². The summed E-state index contributed by atoms with van der Waals surface area (Å²) in [6.07, 6.45) is 0. The summed E-state index contributed by atoms with van der Waals surface area (Å²) >= 11 is 6.13. The lowest BCUT2D eigenvalue weighted by Gasteiger charge is -2.36. The van der Waals surface area contributed by atoms with E-state index in [4.69, 9.17) is 16.4 Å². The Morgan fingerprint density at radius 3 is 2.06 bits per heavy atom. The van der Waals surface area contributed by atoms with Crippen LogP contribution < -0.4 is 4.90 Å². The molecule has 4 aromatic carbocycles. The number of oxime groups is 1. The molecular formula is C28H21ClN2O2. The van der Waals surface area contributed by atoms with Gasteiger partial charge in [-0.25, -0.2) is 0 Å². The highest BCUT2D eigenvalue weighted by molar-refractivity contribution is 6.30. The fourth-order valence-corrected chi connectivity index (χ4v) is 4.15. The van der Waals surface area contributed by atoms with Crippen molar-refractivity contribution in [1.29, 1.82) is 0 Å². The number of amidine groups is 1. The van der Waals surface area contributed by atoms with Crippen LogP contribution in [0.15, 0.2) is 114 Å². The van der Waals surface area contributed by atoms with Crippen LogP contribution in [0.4, 0.5) is 5.69 Å². The summed E-state index contributed by atoms with van der Waals surface area (Å²) in [7, 11) is 0. The van der Waals surface area contributed by atoms with Crippen LogP contribution in [0.1, 0.15) is 27.0 Å². The maximum Gasteiger partial charge on any atom is 0.304 e. The predicted molar refractivity (Wildman–Crippen MR) is 132 cm³/mol. The third kappa shape index (κ3) is 3.69. The zero-order chi connectivity index (χ0) is 22.8. The van der Waals surface area contributed by atoms with E-state index in [2.05, 4.69) is 5.16 Å². The molecule has 0 fully saturated rings. The fourth-order valence-electron chi connectivity index (χ4n) is 4.02. The highest BCUT2D eigenvalue weighted by Crippen LogP contribution is 2.43. The van der Waals surface area contributed by atoms with Crippen molar-refractivity contribution < 1.29 is 9.63 Å². The highest BCUT2D eigenvalue weighted by atomic mass is 35.5. The number of benzene rings is 4. The van der Waals surface area contributed by atoms with Gasteiger partial charge in [-0.1, -0.05) is 95.1 Å². The molecule has 0 saturated heterocycles. The van der Waals surface area contributed by atoms with Gasteiger partial charge >= 0.3 is 5.72 Å². The Hall–Kier alpha value is -3.89. The maximum absolute atomic E-state index is 14.2. The minimum absolute atomic E-state index is 0.206. The predicted octanol–water partition coefficient (Wildman–Crippen LogP) is 6.58. The summed E-state index contributed by atoms with van der Waals surface area (Å²) in [5, 5.41) is 5.09. The first-order chi connectivity index (χ1) is 16.1. The summed E-state index contributed by atoms with van der Waals surface area (Å²) in [6.45, 7) is 2.03. The Balaban J connectivity index is 1.75. The summed E-state index contributed by atoms with van der Waals surface area (Å²) in [5.41, 5.74) is 2.41. The largest absolute Gasteiger partial charge is 0.351 e. The van der Waals surface area contributed by atoms with Gasteiger partial charge in [-0.05, 0) is 43.3 Å². The van der Waals surface area contributed by atoms with Crippen LogP contribution in [0.2, 0.25) is 5.02 Å². The smallest absolute Gasteiger partial charge is 0.304 e. The molecule has 1 aliphatic heterocycles. The molecule has 0 saturated carbocycles. The molecular weight excluding hydrogens is 432 g/mol. The monoisotopic (exact) mass is 452 g/mol. The third-order valence-corrected chi connectivity index (χ3v) is 5.95. The molecule has 4 aromatic rings. The molecule has 0 spiro atoms. The first-order valence-electron chi connectivity index (χ1n) is 10.6. The average molecular weight is 453 g/mol. The number of nitrogens with zero attached hydrogens (tertiary/aromatic N) is 2. The molecule has 1 heterocycles. The molecule has 0 radical (unpaired) electrons. The van der Waals surface area contributed by atoms with E-state index >= 15 is 0 Å². The molecule has 0 amide bonds. The van der Waals surface area contributed by atoms with Gasteiger partial charge < -0.3 is 4.84 Å². The van der Waals surface area contributed by atoms with Gasteiger partial charge in [0.1, 0.15) is 0 Å². The van der Waals surface area contributed by atoms with Crippen LogP contribution in [0.25, 0.3) is 0 Å². The van der Waals surface area contributed by atoms with E-state index in [0.717, 1.165) is 16.8 Å². The van der Waals surface area contributed by atoms with Crippen molar-refractivity contribution in [1.82, 2.24) is 0 Å². The molecule has 0 bridgehead atoms. The zero-order valence-corrected chi connectivity index (χ0v) is 18.7. The van der Waals surface area contributed by atoms with Gasteiger partial charge in [0.15, 0.2) is 5.84 Å². The number of aryl methyl sites for hydroxylation is 1. The topological polar surface area (TPSA) is 41.9 Å². The number of rotatable bonds is 5. The van der Waals surface area contributed by atoms with Crippen molar-refractivity contribution >= 4 is 28.9 Å². The second-order valence-electron chi connectivity index (χ2n) is 7.89. The molecule has 1 atom stereocenters. The van der Waals surface area contributed by atoms with Gasteiger partial charge in [0, 0.05) is 27.4 Å². The zero-order valence-electron chi connectivity index (χ0n) is 18.0. The van der Waals surface area contributed by atoms with Crippen LogP contribution in [0.5, 0.6) is 0 Å². The number of halogens is 1. The normalized spacial score (nSPS) is 17.4. The van der Waals surface area contributed by atoms with Crippen molar-refractivity contribution in [2.24, 2.45) is 5.16 Å². The van der Waals surface area contributed by atoms with Crippen molar-refractivity contribution in [3.8, 4) is 0 Å². The fraction of sp³-hybridized carbons (Fsp3) is 0.0714. The standard InChI is InChI=1S/C28H21ClN2O2/c1-20-12-18-25(19-13-20)31-27(22-14-16-24(29)17-15-22)30-33-28(31,23-10-6-3-7-11-23)26(32)21-8-4-2-5-9-21/h2-19H,1H3. The van der Waals surface area contributed by atoms with Crippen LogP contribution in [-0.2, 0) is 10.6 Å². The first-order valence-corrected chi connectivity index (χ1v) is 11.0. The summed E-state index contributed by atoms with van der Waals surface area (Å²) in [6, 6.07) is 34.0. The Bertz CT molecular complexity index is 1300. The van der Waals surface area contributed by atoms with Crippen molar-refractivity contribution in [2.45, 2.75) is 12.6 Å². The number of Topliss-reactive ketones (excluding diaryl/α,β-unsaturated/α-hetero) is 1. The second kappa shape index (κ2) is 8.57. The van der Waals surface area contributed by atoms with E-state index in [1.807, 2.05) is 96.8 Å². The average Bonchev–Trinajstić information content (AvgIpc) is 3.27. The number of ketones is 1. The number of hydrogen-bond acceptors (Lipinski definition) is 4. The number of carbonyl (C=O) groups excluding carboxylic acids is 1. The Morgan fingerprint density at radius 1 is 0.818 bits per heavy atom. The lowest BCUT2D eigenvalue weighted by Crippen LogP contribution is -2.52. The van der Waals surface area contributed by atoms with E-state index in [1.54, 1.807) is 24.3 Å². The molecule has 0 aliphatic carbocycles. The van der Waals surface area contributed by atoms with Gasteiger partial charge in [0.25, 0.3) is 0 Å². The third-order valence-electron chi connectivity index (χ3n) is 5.69. The van der Waals surface area contributed by atoms with Gasteiger partial charge in [0.2, 0.25) is 5.78 Å². The number of carbonyl (C=O) groups is 1. The van der Waals surface area contributed by atoms with E-state index in [0.29, 0.717) is 22.0 Å². The lowest BCUT2D eigenvalue weighted by atomic mass is 9.90. The maximum atomic E-state index is 14.2. The van der Waals surface area contributed by atoms with E-state index < -0.39 is 5.72 Å². The molecule has 5 rings (SSSR count). The van der Waals surface area contributed by atoms with E-state index in [9.17, 15) is 4.79 Å². The lowest BCUT2D eigenvalue weighted by molar-refractivity contribution is -0.00648. The van der Waals surface area contributed by atoms with Gasteiger partial charge in [-0.3, -0.25) is 9.69 Å². The van der Waals surface area contributed by atoms with E-state index in [1.165, 1.54) is 0 Å². The molecule has 162 valence electrons. The van der Waals surface area contributed by atoms with Gasteiger partial charge in [-0.15, -0.1) is 0 Å². The van der Waals surface area contributed by atoms with Crippen molar-refractivity contribution in [3.63, 3.8) is 0 Å². The number of anilines is 1. The minimum atomic E-state index is -1.51. The van der Waals surface area contributed by atoms with Crippen LogP contribution >= 0.6 is 11.6 Å². The van der Waals surface area contributed by atoms with Crippen LogP contribution in [0.3, 0.4) is 0 Å². The molecule has 1 unspecified atom stereocenters. The molecule has 1 aliphatic rings. The molecule has 33 heavy (non-hydrogen) atoms. The van der Waals surface area contributed by atoms with Crippen LogP contribution in [-0.4, -0.2) is 11.6 Å². The summed E-state index contributed by atoms with van der Waals surface area (Å²) < 4.78 is 0. The van der Waals surface area contributed by atoms with Crippen LogP contribution in [0, 0.1) is 6.92 Å². The molecule has 4 nitrogen and oxygen atoms in total. The molecule has 0 N–H and O–H groups in total. The summed E-state index contributed by atoms with van der Waals surface area (Å²) in [4.78, 5) is 22.2. The second-order valence-corrected chi connectivity index (χ2v) is 8.33. The van der Waals surface area contributed by atoms with Crippen molar-refractivity contribution in [3.05, 3.63) is 136 Å². The quantitative estimate of drug-likeness (QED) is 0.321. The molecule has 5 heteroatoms.